The number of rotatable bonds is 2. The lowest BCUT2D eigenvalue weighted by Gasteiger charge is -2.37. The number of amidine groups is 1. The van der Waals surface area contributed by atoms with Crippen molar-refractivity contribution >= 4 is 17.2 Å². The van der Waals surface area contributed by atoms with Crippen LogP contribution in [0.2, 0.25) is 0 Å². The largest absolute Gasteiger partial charge is 0.409 e. The first-order valence-corrected chi connectivity index (χ1v) is 7.02. The number of aromatic nitrogens is 1. The highest BCUT2D eigenvalue weighted by Crippen LogP contribution is 2.36. The van der Waals surface area contributed by atoms with Gasteiger partial charge in [0.25, 0.3) is 0 Å². The molecule has 1 atom stereocenters. The second kappa shape index (κ2) is 5.44. The highest BCUT2D eigenvalue weighted by molar-refractivity contribution is 5.96. The van der Waals surface area contributed by atoms with Crippen LogP contribution in [0.15, 0.2) is 47.8 Å². The van der Waals surface area contributed by atoms with Crippen LogP contribution in [0.25, 0.3) is 0 Å². The summed E-state index contributed by atoms with van der Waals surface area (Å²) in [5, 5.41) is 11.8. The second-order valence-corrected chi connectivity index (χ2v) is 5.27. The number of hydrogen-bond acceptors (Lipinski definition) is 4. The molecule has 1 aliphatic rings. The molecular weight excluding hydrogens is 264 g/mol. The lowest BCUT2D eigenvalue weighted by atomic mass is 9.96. The average Bonchev–Trinajstić information content (AvgIpc) is 2.54. The van der Waals surface area contributed by atoms with Gasteiger partial charge in [-0.15, -0.1) is 0 Å². The molecule has 1 unspecified atom stereocenters. The molecule has 3 N–H and O–H groups in total. The molecule has 1 aromatic carbocycles. The van der Waals surface area contributed by atoms with Gasteiger partial charge in [-0.1, -0.05) is 23.4 Å². The molecule has 1 aliphatic heterocycles. The van der Waals surface area contributed by atoms with E-state index in [2.05, 4.69) is 46.2 Å². The van der Waals surface area contributed by atoms with Gasteiger partial charge in [-0.25, -0.2) is 0 Å². The van der Waals surface area contributed by atoms with E-state index in [9.17, 15) is 0 Å². The molecule has 3 rings (SSSR count). The Kier molecular flexibility index (Phi) is 3.48. The van der Waals surface area contributed by atoms with Crippen molar-refractivity contribution in [1.82, 2.24) is 4.98 Å². The van der Waals surface area contributed by atoms with Crippen LogP contribution in [-0.4, -0.2) is 22.1 Å². The summed E-state index contributed by atoms with van der Waals surface area (Å²) >= 11 is 0. The van der Waals surface area contributed by atoms with Crippen molar-refractivity contribution in [3.8, 4) is 0 Å². The lowest BCUT2D eigenvalue weighted by molar-refractivity contribution is 0.318. The van der Waals surface area contributed by atoms with E-state index in [-0.39, 0.29) is 5.84 Å². The van der Waals surface area contributed by atoms with E-state index >= 15 is 0 Å². The maximum atomic E-state index is 8.81. The molecule has 1 aromatic heterocycles. The first kappa shape index (κ1) is 13.4. The third-order valence-corrected chi connectivity index (χ3v) is 3.92. The van der Waals surface area contributed by atoms with Crippen LogP contribution in [0, 0.1) is 0 Å². The van der Waals surface area contributed by atoms with E-state index in [1.165, 1.54) is 11.3 Å². The molecule has 5 heteroatoms. The van der Waals surface area contributed by atoms with Crippen molar-refractivity contribution in [2.45, 2.75) is 25.8 Å². The molecule has 2 aromatic rings. The second-order valence-electron chi connectivity index (χ2n) is 5.27. The van der Waals surface area contributed by atoms with Crippen LogP contribution in [-0.2, 0) is 6.42 Å². The third-order valence-electron chi connectivity index (χ3n) is 3.92. The zero-order valence-corrected chi connectivity index (χ0v) is 11.9. The molecule has 0 amide bonds. The molecule has 0 bridgehead atoms. The number of nitrogens with zero attached hydrogens (tertiary/aromatic N) is 3. The van der Waals surface area contributed by atoms with E-state index in [0.29, 0.717) is 11.7 Å². The smallest absolute Gasteiger partial charge is 0.188 e. The fourth-order valence-electron chi connectivity index (χ4n) is 2.84. The van der Waals surface area contributed by atoms with Gasteiger partial charge in [-0.05, 0) is 43.5 Å². The zero-order valence-electron chi connectivity index (χ0n) is 11.9. The van der Waals surface area contributed by atoms with E-state index in [0.717, 1.165) is 18.5 Å². The van der Waals surface area contributed by atoms with Gasteiger partial charge in [-0.2, -0.15) is 0 Å². The van der Waals surface area contributed by atoms with Gasteiger partial charge in [-0.3, -0.25) is 4.98 Å². The number of oxime groups is 1. The fraction of sp³-hybridized carbons (Fsp3) is 0.250. The van der Waals surface area contributed by atoms with Crippen LogP contribution in [0.5, 0.6) is 0 Å². The molecule has 0 saturated heterocycles. The summed E-state index contributed by atoms with van der Waals surface area (Å²) in [5.41, 5.74) is 9.68. The van der Waals surface area contributed by atoms with Crippen molar-refractivity contribution in [3.63, 3.8) is 0 Å². The molecule has 5 nitrogen and oxygen atoms in total. The van der Waals surface area contributed by atoms with Crippen LogP contribution < -0.4 is 10.6 Å². The summed E-state index contributed by atoms with van der Waals surface area (Å²) in [7, 11) is 0. The topological polar surface area (TPSA) is 74.7 Å². The van der Waals surface area contributed by atoms with Crippen LogP contribution >= 0.6 is 0 Å². The van der Waals surface area contributed by atoms with Crippen molar-refractivity contribution in [2.24, 2.45) is 10.9 Å². The first-order chi connectivity index (χ1) is 10.2. The first-order valence-electron chi connectivity index (χ1n) is 7.02. The molecule has 0 aliphatic carbocycles. The van der Waals surface area contributed by atoms with Gasteiger partial charge in [0.1, 0.15) is 5.69 Å². The Morgan fingerprint density at radius 3 is 3.00 bits per heavy atom. The van der Waals surface area contributed by atoms with E-state index in [4.69, 9.17) is 10.9 Å². The Hall–Kier alpha value is -2.56. The van der Waals surface area contributed by atoms with Crippen molar-refractivity contribution < 1.29 is 5.21 Å². The van der Waals surface area contributed by atoms with Crippen molar-refractivity contribution in [3.05, 3.63) is 53.9 Å². The minimum atomic E-state index is 0.0230. The van der Waals surface area contributed by atoms with E-state index in [1.54, 1.807) is 6.20 Å². The molecule has 2 heterocycles. The summed E-state index contributed by atoms with van der Waals surface area (Å²) in [6.45, 7) is 2.21. The predicted molar refractivity (Wildman–Crippen MR) is 83.1 cm³/mol. The third kappa shape index (κ3) is 2.42. The van der Waals surface area contributed by atoms with Crippen LogP contribution in [0.3, 0.4) is 0 Å². The SMILES string of the molecule is CC1CCc2ccccc2N1c1ccnc(C(N)=NO)c1. The van der Waals surface area contributed by atoms with Gasteiger partial charge in [0, 0.05) is 23.6 Å². The molecule has 0 radical (unpaired) electrons. The Morgan fingerprint density at radius 2 is 2.19 bits per heavy atom. The van der Waals surface area contributed by atoms with E-state index in [1.807, 2.05) is 12.1 Å². The normalized spacial score (nSPS) is 18.4. The highest BCUT2D eigenvalue weighted by atomic mass is 16.4. The van der Waals surface area contributed by atoms with Gasteiger partial charge in [0.2, 0.25) is 0 Å². The summed E-state index contributed by atoms with van der Waals surface area (Å²) < 4.78 is 0. The highest BCUT2D eigenvalue weighted by Gasteiger charge is 2.24. The number of anilines is 2. The summed E-state index contributed by atoms with van der Waals surface area (Å²) in [6.07, 6.45) is 3.87. The van der Waals surface area contributed by atoms with Gasteiger partial charge >= 0.3 is 0 Å². The minimum Gasteiger partial charge on any atom is -0.409 e. The number of fused-ring (bicyclic) bond motifs is 1. The molecular formula is C16H18N4O. The Morgan fingerprint density at radius 1 is 1.38 bits per heavy atom. The van der Waals surface area contributed by atoms with Gasteiger partial charge in [0.05, 0.1) is 0 Å². The fourth-order valence-corrected chi connectivity index (χ4v) is 2.84. The maximum absolute atomic E-state index is 8.81. The van der Waals surface area contributed by atoms with E-state index < -0.39 is 0 Å². The number of nitrogens with two attached hydrogens (primary N) is 1. The van der Waals surface area contributed by atoms with Gasteiger partial charge in [0.15, 0.2) is 5.84 Å². The Bertz CT molecular complexity index is 683. The number of pyridine rings is 1. The zero-order chi connectivity index (χ0) is 14.8. The molecule has 0 spiro atoms. The summed E-state index contributed by atoms with van der Waals surface area (Å²) in [4.78, 5) is 6.43. The molecule has 21 heavy (non-hydrogen) atoms. The molecule has 108 valence electrons. The van der Waals surface area contributed by atoms with Crippen molar-refractivity contribution in [2.75, 3.05) is 4.90 Å². The predicted octanol–water partition coefficient (Wildman–Crippen LogP) is 2.65. The molecule has 0 saturated carbocycles. The number of aryl methyl sites for hydroxylation is 1. The lowest BCUT2D eigenvalue weighted by Crippen LogP contribution is -2.33. The van der Waals surface area contributed by atoms with Crippen LogP contribution in [0.4, 0.5) is 11.4 Å². The maximum Gasteiger partial charge on any atom is 0.188 e. The Labute approximate surface area is 123 Å². The average molecular weight is 282 g/mol. The number of benzene rings is 1. The van der Waals surface area contributed by atoms with Crippen LogP contribution in [0.1, 0.15) is 24.6 Å². The summed E-state index contributed by atoms with van der Waals surface area (Å²) in [5.74, 6) is 0.0230. The number of para-hydroxylation sites is 1. The minimum absolute atomic E-state index is 0.0230. The quantitative estimate of drug-likeness (QED) is 0.384. The number of hydrogen-bond donors (Lipinski definition) is 2. The monoisotopic (exact) mass is 282 g/mol. The van der Waals surface area contributed by atoms with Crippen molar-refractivity contribution in [1.29, 1.82) is 0 Å². The summed E-state index contributed by atoms with van der Waals surface area (Å²) in [6, 6.07) is 12.6. The molecule has 0 fully saturated rings. The Balaban J connectivity index is 2.07. The van der Waals surface area contributed by atoms with Gasteiger partial charge < -0.3 is 15.8 Å². The standard InChI is InChI=1S/C16H18N4O/c1-11-6-7-12-4-2-3-5-15(12)20(11)13-8-9-18-14(10-13)16(17)19-21/h2-5,8-11,21H,6-7H2,1H3,(H2,17,19).